The first kappa shape index (κ1) is 14.7. The molecule has 17 heavy (non-hydrogen) atoms. The van der Waals surface area contributed by atoms with Crippen molar-refractivity contribution >= 4 is 15.9 Å². The summed E-state index contributed by atoms with van der Waals surface area (Å²) in [5, 5.41) is 6.89. The second-order valence-corrected chi connectivity index (χ2v) is 5.50. The van der Waals surface area contributed by atoms with Gasteiger partial charge in [0.2, 0.25) is 0 Å². The number of benzene rings is 1. The maximum absolute atomic E-state index is 3.47. The topological polar surface area (TPSA) is 24.1 Å². The van der Waals surface area contributed by atoms with Crippen molar-refractivity contribution in [3.8, 4) is 0 Å². The second kappa shape index (κ2) is 8.67. The summed E-state index contributed by atoms with van der Waals surface area (Å²) >= 11 is 3.44. The molecular weight excluding hydrogens is 276 g/mol. The number of rotatable bonds is 8. The fourth-order valence-electron chi connectivity index (χ4n) is 1.61. The quantitative estimate of drug-likeness (QED) is 0.721. The Kier molecular flexibility index (Phi) is 7.49. The minimum Gasteiger partial charge on any atom is -0.316 e. The van der Waals surface area contributed by atoms with Gasteiger partial charge in [-0.3, -0.25) is 0 Å². The fourth-order valence-corrected chi connectivity index (χ4v) is 1.88. The molecule has 1 aromatic rings. The summed E-state index contributed by atoms with van der Waals surface area (Å²) in [6.45, 7) is 7.62. The van der Waals surface area contributed by atoms with E-state index in [0.29, 0.717) is 6.04 Å². The highest BCUT2D eigenvalue weighted by atomic mass is 79.9. The molecule has 0 fully saturated rings. The Hall–Kier alpha value is -0.380. The molecule has 0 amide bonds. The summed E-state index contributed by atoms with van der Waals surface area (Å²) in [5.41, 5.74) is 1.39. The number of nitrogens with one attached hydrogen (secondary N) is 2. The van der Waals surface area contributed by atoms with Crippen LogP contribution in [0.15, 0.2) is 28.7 Å². The summed E-state index contributed by atoms with van der Waals surface area (Å²) in [5.74, 6) is 0. The van der Waals surface area contributed by atoms with Gasteiger partial charge in [-0.15, -0.1) is 0 Å². The maximum Gasteiger partial charge on any atom is 0.0175 e. The van der Waals surface area contributed by atoms with Gasteiger partial charge >= 0.3 is 0 Å². The average molecular weight is 299 g/mol. The van der Waals surface area contributed by atoms with E-state index in [1.165, 1.54) is 12.0 Å². The molecule has 0 bridgehead atoms. The van der Waals surface area contributed by atoms with Gasteiger partial charge in [0.1, 0.15) is 0 Å². The van der Waals surface area contributed by atoms with E-state index in [1.807, 2.05) is 0 Å². The van der Waals surface area contributed by atoms with E-state index in [9.17, 15) is 0 Å². The molecule has 0 radical (unpaired) electrons. The van der Waals surface area contributed by atoms with Crippen molar-refractivity contribution in [1.29, 1.82) is 0 Å². The van der Waals surface area contributed by atoms with Crippen LogP contribution in [-0.2, 0) is 6.42 Å². The summed E-state index contributed by atoms with van der Waals surface area (Å²) in [7, 11) is 0. The van der Waals surface area contributed by atoms with E-state index < -0.39 is 0 Å². The molecule has 96 valence electrons. The van der Waals surface area contributed by atoms with Crippen LogP contribution >= 0.6 is 15.9 Å². The van der Waals surface area contributed by atoms with Gasteiger partial charge in [0.25, 0.3) is 0 Å². The Labute approximate surface area is 113 Å². The summed E-state index contributed by atoms with van der Waals surface area (Å²) in [6, 6.07) is 9.14. The molecule has 0 saturated heterocycles. The molecule has 0 aliphatic rings. The molecule has 1 aromatic carbocycles. The molecule has 2 N–H and O–H groups in total. The molecule has 0 saturated carbocycles. The van der Waals surface area contributed by atoms with Crippen LogP contribution in [0.2, 0.25) is 0 Å². The van der Waals surface area contributed by atoms with Crippen LogP contribution < -0.4 is 10.6 Å². The van der Waals surface area contributed by atoms with E-state index in [0.717, 1.165) is 30.5 Å². The van der Waals surface area contributed by atoms with Gasteiger partial charge in [0, 0.05) is 10.5 Å². The third-order valence-electron chi connectivity index (χ3n) is 2.59. The van der Waals surface area contributed by atoms with Crippen LogP contribution in [0.1, 0.15) is 25.8 Å². The summed E-state index contributed by atoms with van der Waals surface area (Å²) in [6.07, 6.45) is 2.30. The lowest BCUT2D eigenvalue weighted by molar-refractivity contribution is 0.548. The van der Waals surface area contributed by atoms with E-state index in [4.69, 9.17) is 0 Å². The highest BCUT2D eigenvalue weighted by molar-refractivity contribution is 9.10. The Bertz CT molecular complexity index is 296. The van der Waals surface area contributed by atoms with Gasteiger partial charge in [-0.05, 0) is 50.2 Å². The summed E-state index contributed by atoms with van der Waals surface area (Å²) in [4.78, 5) is 0. The molecule has 1 rings (SSSR count). The highest BCUT2D eigenvalue weighted by Gasteiger charge is 1.94. The maximum atomic E-state index is 3.47. The largest absolute Gasteiger partial charge is 0.316 e. The lowest BCUT2D eigenvalue weighted by Gasteiger charge is -2.08. The number of halogens is 1. The van der Waals surface area contributed by atoms with Crippen LogP contribution in [0.4, 0.5) is 0 Å². The first-order valence-corrected chi connectivity index (χ1v) is 7.16. The molecule has 0 atom stereocenters. The first-order valence-electron chi connectivity index (χ1n) is 6.37. The Morgan fingerprint density at radius 1 is 1.06 bits per heavy atom. The summed E-state index contributed by atoms with van der Waals surface area (Å²) < 4.78 is 1.15. The van der Waals surface area contributed by atoms with E-state index in [2.05, 4.69) is 64.7 Å². The van der Waals surface area contributed by atoms with Crippen LogP contribution in [0.5, 0.6) is 0 Å². The van der Waals surface area contributed by atoms with Crippen molar-refractivity contribution in [2.75, 3.05) is 19.6 Å². The first-order chi connectivity index (χ1) is 8.18. The van der Waals surface area contributed by atoms with Gasteiger partial charge in [-0.2, -0.15) is 0 Å². The van der Waals surface area contributed by atoms with Crippen LogP contribution in [0.25, 0.3) is 0 Å². The Morgan fingerprint density at radius 2 is 1.76 bits per heavy atom. The molecule has 0 aromatic heterocycles. The smallest absolute Gasteiger partial charge is 0.0175 e. The molecule has 0 aliphatic carbocycles. The molecule has 2 nitrogen and oxygen atoms in total. The zero-order valence-corrected chi connectivity index (χ0v) is 12.4. The lowest BCUT2D eigenvalue weighted by Crippen LogP contribution is -2.27. The predicted molar refractivity (Wildman–Crippen MR) is 78.5 cm³/mol. The van der Waals surface area contributed by atoms with Gasteiger partial charge in [0.05, 0.1) is 0 Å². The van der Waals surface area contributed by atoms with Crippen molar-refractivity contribution in [1.82, 2.24) is 10.6 Å². The molecule has 0 spiro atoms. The van der Waals surface area contributed by atoms with Crippen molar-refractivity contribution in [2.24, 2.45) is 0 Å². The van der Waals surface area contributed by atoms with Crippen LogP contribution in [0.3, 0.4) is 0 Å². The number of hydrogen-bond donors (Lipinski definition) is 2. The third kappa shape index (κ3) is 7.53. The fraction of sp³-hybridized carbons (Fsp3) is 0.571. The van der Waals surface area contributed by atoms with Crippen molar-refractivity contribution in [2.45, 2.75) is 32.7 Å². The molecule has 3 heteroatoms. The van der Waals surface area contributed by atoms with E-state index >= 15 is 0 Å². The molecule has 0 heterocycles. The number of hydrogen-bond acceptors (Lipinski definition) is 2. The van der Waals surface area contributed by atoms with E-state index in [-0.39, 0.29) is 0 Å². The van der Waals surface area contributed by atoms with Crippen molar-refractivity contribution in [3.63, 3.8) is 0 Å². The molecule has 0 aliphatic heterocycles. The zero-order valence-electron chi connectivity index (χ0n) is 10.8. The normalized spacial score (nSPS) is 11.1. The SMILES string of the molecule is CC(C)NCCCNCCc1ccc(Br)cc1. The Morgan fingerprint density at radius 3 is 2.41 bits per heavy atom. The van der Waals surface area contributed by atoms with Gasteiger partial charge in [-0.25, -0.2) is 0 Å². The van der Waals surface area contributed by atoms with Crippen molar-refractivity contribution < 1.29 is 0 Å². The van der Waals surface area contributed by atoms with Crippen LogP contribution in [-0.4, -0.2) is 25.7 Å². The van der Waals surface area contributed by atoms with Gasteiger partial charge < -0.3 is 10.6 Å². The minimum atomic E-state index is 0.595. The van der Waals surface area contributed by atoms with E-state index in [1.54, 1.807) is 0 Å². The predicted octanol–water partition coefficient (Wildman–Crippen LogP) is 2.97. The molecule has 0 unspecified atom stereocenters. The monoisotopic (exact) mass is 298 g/mol. The third-order valence-corrected chi connectivity index (χ3v) is 3.12. The minimum absolute atomic E-state index is 0.595. The lowest BCUT2D eigenvalue weighted by atomic mass is 10.1. The second-order valence-electron chi connectivity index (χ2n) is 4.59. The molecular formula is C14H23BrN2. The average Bonchev–Trinajstić information content (AvgIpc) is 2.30. The Balaban J connectivity index is 1.99. The standard InChI is InChI=1S/C14H23BrN2/c1-12(2)17-10-3-9-16-11-8-13-4-6-14(15)7-5-13/h4-7,12,16-17H,3,8-11H2,1-2H3. The van der Waals surface area contributed by atoms with Crippen LogP contribution in [0, 0.1) is 0 Å². The van der Waals surface area contributed by atoms with Gasteiger partial charge in [-0.1, -0.05) is 41.9 Å². The van der Waals surface area contributed by atoms with Crippen molar-refractivity contribution in [3.05, 3.63) is 34.3 Å². The van der Waals surface area contributed by atoms with Gasteiger partial charge in [0.15, 0.2) is 0 Å². The highest BCUT2D eigenvalue weighted by Crippen LogP contribution is 2.10. The zero-order chi connectivity index (χ0) is 12.5.